The Morgan fingerprint density at radius 1 is 1.00 bits per heavy atom. The number of nitrogens with zero attached hydrogens (tertiary/aromatic N) is 4. The fraction of sp³-hybridized carbons (Fsp3) is 0.111. The molecule has 37 heavy (non-hydrogen) atoms. The van der Waals surface area contributed by atoms with Gasteiger partial charge in [-0.05, 0) is 54.1 Å². The van der Waals surface area contributed by atoms with Crippen molar-refractivity contribution in [2.75, 3.05) is 10.6 Å². The van der Waals surface area contributed by atoms with Crippen molar-refractivity contribution in [3.8, 4) is 0 Å². The van der Waals surface area contributed by atoms with Crippen LogP contribution < -0.4 is 10.6 Å². The van der Waals surface area contributed by atoms with Crippen LogP contribution in [0.1, 0.15) is 32.1 Å². The second-order valence-electron chi connectivity index (χ2n) is 8.40. The van der Waals surface area contributed by atoms with Gasteiger partial charge in [0.05, 0.1) is 11.3 Å². The number of aromatic nitrogens is 3. The molecule has 0 fully saturated rings. The van der Waals surface area contributed by atoms with Crippen LogP contribution in [-0.2, 0) is 17.8 Å². The van der Waals surface area contributed by atoms with E-state index < -0.39 is 6.04 Å². The summed E-state index contributed by atoms with van der Waals surface area (Å²) in [6.07, 6.45) is 4.69. The summed E-state index contributed by atoms with van der Waals surface area (Å²) in [5.74, 6) is -0.985. The van der Waals surface area contributed by atoms with E-state index >= 15 is 0 Å². The molecule has 2 aromatic heterocycles. The smallest absolute Gasteiger partial charge is 0.274 e. The summed E-state index contributed by atoms with van der Waals surface area (Å²) in [4.78, 5) is 53.0. The normalized spacial score (nSPS) is 14.9. The van der Waals surface area contributed by atoms with Gasteiger partial charge in [0.1, 0.15) is 18.1 Å². The molecule has 0 radical (unpaired) electrons. The van der Waals surface area contributed by atoms with E-state index in [4.69, 9.17) is 11.6 Å². The summed E-state index contributed by atoms with van der Waals surface area (Å²) in [7, 11) is 0. The number of amides is 3. The summed E-state index contributed by atoms with van der Waals surface area (Å²) in [6, 6.07) is 18.0. The van der Waals surface area contributed by atoms with E-state index in [0.717, 1.165) is 5.56 Å². The number of pyridine rings is 1. The van der Waals surface area contributed by atoms with E-state index in [1.165, 1.54) is 23.5 Å². The number of halogens is 1. The number of rotatable bonds is 6. The molecule has 184 valence electrons. The first-order valence-electron chi connectivity index (χ1n) is 11.5. The molecule has 9 nitrogen and oxygen atoms in total. The van der Waals surface area contributed by atoms with Crippen LogP contribution in [-0.4, -0.2) is 43.6 Å². The van der Waals surface area contributed by atoms with Gasteiger partial charge in [0.2, 0.25) is 5.91 Å². The monoisotopic (exact) mass is 512 g/mol. The minimum atomic E-state index is -0.800. The second kappa shape index (κ2) is 10.5. The second-order valence-corrected chi connectivity index (χ2v) is 8.84. The number of fused-ring (bicyclic) bond motifs is 1. The van der Waals surface area contributed by atoms with Gasteiger partial charge in [0.15, 0.2) is 0 Å². The maximum absolute atomic E-state index is 13.7. The van der Waals surface area contributed by atoms with Crippen LogP contribution in [0.4, 0.5) is 11.4 Å². The third-order valence-electron chi connectivity index (χ3n) is 5.92. The highest BCUT2D eigenvalue weighted by atomic mass is 35.5. The fourth-order valence-corrected chi connectivity index (χ4v) is 4.24. The van der Waals surface area contributed by atoms with E-state index in [9.17, 15) is 14.4 Å². The van der Waals surface area contributed by atoms with Crippen molar-refractivity contribution in [1.29, 1.82) is 0 Å². The lowest BCUT2D eigenvalue weighted by Gasteiger charge is -2.28. The summed E-state index contributed by atoms with van der Waals surface area (Å²) in [5, 5.41) is 6.05. The number of benzene rings is 2. The molecule has 0 saturated carbocycles. The SMILES string of the molecule is O=C(Nc1ccc(CN2C(=O)c3ccc(Cl)cc3NC(=O)[C@H]2Cc2ccccn2)cc1)c1ccncn1. The van der Waals surface area contributed by atoms with Gasteiger partial charge >= 0.3 is 0 Å². The molecule has 0 aliphatic carbocycles. The van der Waals surface area contributed by atoms with Crippen molar-refractivity contribution in [3.05, 3.63) is 113 Å². The van der Waals surface area contributed by atoms with Crippen LogP contribution >= 0.6 is 11.6 Å². The molecular formula is C27H21ClN6O3. The van der Waals surface area contributed by atoms with Gasteiger partial charge in [0.25, 0.3) is 11.8 Å². The molecule has 2 aromatic carbocycles. The van der Waals surface area contributed by atoms with Crippen molar-refractivity contribution in [1.82, 2.24) is 19.9 Å². The molecule has 0 bridgehead atoms. The van der Waals surface area contributed by atoms with Crippen LogP contribution in [0, 0.1) is 0 Å². The molecule has 1 aliphatic rings. The molecule has 3 heterocycles. The van der Waals surface area contributed by atoms with Gasteiger partial charge in [-0.1, -0.05) is 29.8 Å². The average molecular weight is 513 g/mol. The summed E-state index contributed by atoms with van der Waals surface area (Å²) in [5.41, 5.74) is 3.01. The lowest BCUT2D eigenvalue weighted by molar-refractivity contribution is -0.120. The first-order valence-corrected chi connectivity index (χ1v) is 11.8. The standard InChI is InChI=1S/C27H21ClN6O3/c28-18-6-9-21-23(13-18)33-26(36)24(14-20-3-1-2-11-30-20)34(27(21)37)15-17-4-7-19(8-5-17)32-25(35)22-10-12-29-16-31-22/h1-13,16,24H,14-15H2,(H,32,35)(H,33,36)/t24-/m1/s1. The Morgan fingerprint density at radius 3 is 2.57 bits per heavy atom. The summed E-state index contributed by atoms with van der Waals surface area (Å²) >= 11 is 6.12. The molecule has 0 saturated heterocycles. The van der Waals surface area contributed by atoms with E-state index in [0.29, 0.717) is 27.7 Å². The molecule has 0 unspecified atom stereocenters. The minimum Gasteiger partial charge on any atom is -0.323 e. The van der Waals surface area contributed by atoms with Crippen LogP contribution in [0.25, 0.3) is 0 Å². The first-order chi connectivity index (χ1) is 18.0. The van der Waals surface area contributed by atoms with E-state index in [2.05, 4.69) is 25.6 Å². The summed E-state index contributed by atoms with van der Waals surface area (Å²) in [6.45, 7) is 0.173. The Hall–Kier alpha value is -4.63. The van der Waals surface area contributed by atoms with E-state index in [-0.39, 0.29) is 36.4 Å². The molecule has 4 aromatic rings. The van der Waals surface area contributed by atoms with E-state index in [1.54, 1.807) is 54.7 Å². The molecule has 2 N–H and O–H groups in total. The number of carbonyl (C=O) groups excluding carboxylic acids is 3. The molecule has 5 rings (SSSR count). The van der Waals surface area contributed by atoms with Gasteiger partial charge < -0.3 is 15.5 Å². The zero-order valence-electron chi connectivity index (χ0n) is 19.5. The maximum atomic E-state index is 13.7. The Labute approximate surface area is 217 Å². The third-order valence-corrected chi connectivity index (χ3v) is 6.15. The van der Waals surface area contributed by atoms with Gasteiger partial charge in [-0.2, -0.15) is 0 Å². The number of hydrogen-bond donors (Lipinski definition) is 2. The lowest BCUT2D eigenvalue weighted by atomic mass is 10.1. The topological polar surface area (TPSA) is 117 Å². The Morgan fingerprint density at radius 2 is 1.84 bits per heavy atom. The number of anilines is 2. The van der Waals surface area contributed by atoms with Crippen molar-refractivity contribution in [2.24, 2.45) is 0 Å². The van der Waals surface area contributed by atoms with Crippen molar-refractivity contribution in [3.63, 3.8) is 0 Å². The van der Waals surface area contributed by atoms with Crippen molar-refractivity contribution >= 4 is 40.7 Å². The van der Waals surface area contributed by atoms with Gasteiger partial charge in [-0.25, -0.2) is 9.97 Å². The first kappa shape index (κ1) is 24.1. The zero-order valence-corrected chi connectivity index (χ0v) is 20.2. The maximum Gasteiger partial charge on any atom is 0.274 e. The minimum absolute atomic E-state index is 0.173. The molecule has 0 spiro atoms. The van der Waals surface area contributed by atoms with Crippen molar-refractivity contribution < 1.29 is 14.4 Å². The third kappa shape index (κ3) is 5.46. The predicted molar refractivity (Wildman–Crippen MR) is 138 cm³/mol. The van der Waals surface area contributed by atoms with Crippen molar-refractivity contribution in [2.45, 2.75) is 19.0 Å². The van der Waals surface area contributed by atoms with Crippen LogP contribution in [0.2, 0.25) is 5.02 Å². The largest absolute Gasteiger partial charge is 0.323 e. The Bertz CT molecular complexity index is 1450. The fourth-order valence-electron chi connectivity index (χ4n) is 4.07. The highest BCUT2D eigenvalue weighted by molar-refractivity contribution is 6.31. The van der Waals surface area contributed by atoms with Gasteiger partial charge in [-0.15, -0.1) is 0 Å². The quantitative estimate of drug-likeness (QED) is 0.403. The highest BCUT2D eigenvalue weighted by Crippen LogP contribution is 2.29. The summed E-state index contributed by atoms with van der Waals surface area (Å²) < 4.78 is 0. The van der Waals surface area contributed by atoms with Crippen LogP contribution in [0.15, 0.2) is 85.5 Å². The number of carbonyl (C=O) groups is 3. The van der Waals surface area contributed by atoms with Crippen LogP contribution in [0.5, 0.6) is 0 Å². The zero-order chi connectivity index (χ0) is 25.8. The van der Waals surface area contributed by atoms with Crippen LogP contribution in [0.3, 0.4) is 0 Å². The molecular weight excluding hydrogens is 492 g/mol. The Balaban J connectivity index is 1.41. The predicted octanol–water partition coefficient (Wildman–Crippen LogP) is 3.98. The highest BCUT2D eigenvalue weighted by Gasteiger charge is 2.35. The number of nitrogens with one attached hydrogen (secondary N) is 2. The van der Waals surface area contributed by atoms with Gasteiger partial charge in [0, 0.05) is 41.8 Å². The van der Waals surface area contributed by atoms with E-state index in [1.807, 2.05) is 12.1 Å². The molecule has 1 atom stereocenters. The molecule has 3 amide bonds. The lowest BCUT2D eigenvalue weighted by Crippen LogP contribution is -2.46. The Kier molecular flexibility index (Phi) is 6.87. The molecule has 10 heteroatoms. The number of hydrogen-bond acceptors (Lipinski definition) is 6. The average Bonchev–Trinajstić information content (AvgIpc) is 3.00. The van der Waals surface area contributed by atoms with Gasteiger partial charge in [-0.3, -0.25) is 19.4 Å². The molecule has 1 aliphatic heterocycles.